The van der Waals surface area contributed by atoms with E-state index < -0.39 is 0 Å². The fourth-order valence-electron chi connectivity index (χ4n) is 1.47. The van der Waals surface area contributed by atoms with E-state index in [2.05, 4.69) is 23.0 Å². The van der Waals surface area contributed by atoms with E-state index in [9.17, 15) is 4.79 Å². The van der Waals surface area contributed by atoms with E-state index in [0.29, 0.717) is 13.0 Å². The van der Waals surface area contributed by atoms with Crippen LogP contribution < -0.4 is 5.32 Å². The van der Waals surface area contributed by atoms with Crippen molar-refractivity contribution in [3.63, 3.8) is 0 Å². The number of rotatable bonds is 6. The Morgan fingerprint density at radius 1 is 1.53 bits per heavy atom. The summed E-state index contributed by atoms with van der Waals surface area (Å²) in [6.45, 7) is 5.58. The lowest BCUT2D eigenvalue weighted by Crippen LogP contribution is -2.15. The van der Waals surface area contributed by atoms with Crippen LogP contribution in [0.3, 0.4) is 0 Å². The monoisotopic (exact) mass is 253 g/mol. The first-order chi connectivity index (χ1) is 8.19. The van der Waals surface area contributed by atoms with Gasteiger partial charge >= 0.3 is 5.97 Å². The number of esters is 1. The van der Waals surface area contributed by atoms with Crippen LogP contribution in [0.15, 0.2) is 22.4 Å². The topological polar surface area (TPSA) is 38.3 Å². The van der Waals surface area contributed by atoms with Crippen molar-refractivity contribution in [3.05, 3.63) is 33.5 Å². The molecule has 0 radical (unpaired) electrons. The van der Waals surface area contributed by atoms with E-state index >= 15 is 0 Å². The van der Waals surface area contributed by atoms with Gasteiger partial charge in [0, 0.05) is 18.7 Å². The van der Waals surface area contributed by atoms with Crippen molar-refractivity contribution >= 4 is 17.3 Å². The number of carbonyl (C=O) groups excluding carboxylic acids is 1. The van der Waals surface area contributed by atoms with Crippen LogP contribution in [-0.4, -0.2) is 19.6 Å². The largest absolute Gasteiger partial charge is 0.466 e. The van der Waals surface area contributed by atoms with Crippen molar-refractivity contribution in [2.24, 2.45) is 0 Å². The highest BCUT2D eigenvalue weighted by molar-refractivity contribution is 7.08. The highest BCUT2D eigenvalue weighted by Crippen LogP contribution is 2.12. The molecule has 0 saturated heterocycles. The number of hydrogen-bond acceptors (Lipinski definition) is 4. The fraction of sp³-hybridized carbons (Fsp3) is 0.462. The van der Waals surface area contributed by atoms with Gasteiger partial charge in [0.15, 0.2) is 0 Å². The Labute approximate surface area is 106 Å². The van der Waals surface area contributed by atoms with Crippen LogP contribution >= 0.6 is 11.3 Å². The quantitative estimate of drug-likeness (QED) is 0.481. The van der Waals surface area contributed by atoms with Gasteiger partial charge < -0.3 is 10.1 Å². The fourth-order valence-corrected chi connectivity index (χ4v) is 2.33. The number of carbonyl (C=O) groups is 1. The Kier molecular flexibility index (Phi) is 5.94. The van der Waals surface area contributed by atoms with Gasteiger partial charge in [-0.3, -0.25) is 0 Å². The number of nitrogens with one attached hydrogen (secondary N) is 1. The zero-order chi connectivity index (χ0) is 12.7. The molecule has 0 aliphatic rings. The maximum atomic E-state index is 11.3. The standard InChI is InChI=1S/C13H19NO2S/c1-4-11(13(15)16-3)5-6-14-7-12-9-17-8-10(12)2/h5,8-9,14H,4,6-7H2,1-3H3/b11-5-. The Balaban J connectivity index is 2.38. The minimum absolute atomic E-state index is 0.235. The molecule has 3 nitrogen and oxygen atoms in total. The van der Waals surface area contributed by atoms with Gasteiger partial charge in [-0.1, -0.05) is 13.0 Å². The summed E-state index contributed by atoms with van der Waals surface area (Å²) >= 11 is 1.71. The molecule has 0 amide bonds. The van der Waals surface area contributed by atoms with Crippen LogP contribution in [0.4, 0.5) is 0 Å². The third-order valence-electron chi connectivity index (χ3n) is 2.60. The van der Waals surface area contributed by atoms with Gasteiger partial charge in [0.2, 0.25) is 0 Å². The Bertz CT molecular complexity index is 396. The van der Waals surface area contributed by atoms with Crippen LogP contribution in [-0.2, 0) is 16.1 Å². The van der Waals surface area contributed by atoms with E-state index in [1.807, 2.05) is 13.0 Å². The van der Waals surface area contributed by atoms with Crippen molar-refractivity contribution in [1.29, 1.82) is 0 Å². The molecule has 1 aromatic heterocycles. The van der Waals surface area contributed by atoms with Crippen molar-refractivity contribution in [1.82, 2.24) is 5.32 Å². The molecule has 94 valence electrons. The van der Waals surface area contributed by atoms with Crippen molar-refractivity contribution in [3.8, 4) is 0 Å². The predicted molar refractivity (Wildman–Crippen MR) is 71.2 cm³/mol. The molecule has 0 bridgehead atoms. The SMILES string of the molecule is CC/C(=C/CNCc1cscc1C)C(=O)OC. The van der Waals surface area contributed by atoms with Crippen molar-refractivity contribution in [2.45, 2.75) is 26.8 Å². The summed E-state index contributed by atoms with van der Waals surface area (Å²) in [6.07, 6.45) is 2.60. The average Bonchev–Trinajstić information content (AvgIpc) is 2.74. The highest BCUT2D eigenvalue weighted by atomic mass is 32.1. The summed E-state index contributed by atoms with van der Waals surface area (Å²) in [5.74, 6) is -0.235. The van der Waals surface area contributed by atoms with E-state index in [4.69, 9.17) is 4.74 Å². The van der Waals surface area contributed by atoms with Crippen molar-refractivity contribution in [2.75, 3.05) is 13.7 Å². The average molecular weight is 253 g/mol. The van der Waals surface area contributed by atoms with Gasteiger partial charge in [-0.2, -0.15) is 11.3 Å². The number of methoxy groups -OCH3 is 1. The lowest BCUT2D eigenvalue weighted by Gasteiger charge is -2.04. The first kappa shape index (κ1) is 13.9. The lowest BCUT2D eigenvalue weighted by atomic mass is 10.2. The minimum Gasteiger partial charge on any atom is -0.466 e. The Morgan fingerprint density at radius 3 is 2.82 bits per heavy atom. The van der Waals surface area contributed by atoms with Gasteiger partial charge in [-0.05, 0) is 35.2 Å². The molecule has 1 aromatic rings. The van der Waals surface area contributed by atoms with Crippen LogP contribution in [0.2, 0.25) is 0 Å². The van der Waals surface area contributed by atoms with Crippen molar-refractivity contribution < 1.29 is 9.53 Å². The smallest absolute Gasteiger partial charge is 0.333 e. The molecule has 4 heteroatoms. The molecule has 0 aliphatic heterocycles. The number of thiophene rings is 1. The molecule has 0 saturated carbocycles. The van der Waals surface area contributed by atoms with E-state index in [1.54, 1.807) is 11.3 Å². The van der Waals surface area contributed by atoms with E-state index in [1.165, 1.54) is 18.2 Å². The summed E-state index contributed by atoms with van der Waals surface area (Å²) in [4.78, 5) is 11.3. The van der Waals surface area contributed by atoms with Gasteiger partial charge in [-0.15, -0.1) is 0 Å². The number of hydrogen-bond donors (Lipinski definition) is 1. The van der Waals surface area contributed by atoms with Gasteiger partial charge in [0.1, 0.15) is 0 Å². The maximum Gasteiger partial charge on any atom is 0.333 e. The second-order valence-corrected chi connectivity index (χ2v) is 4.53. The number of ether oxygens (including phenoxy) is 1. The molecule has 0 fully saturated rings. The lowest BCUT2D eigenvalue weighted by molar-refractivity contribution is -0.136. The molecule has 0 aliphatic carbocycles. The molecule has 0 atom stereocenters. The molecule has 1 heterocycles. The van der Waals surface area contributed by atoms with Gasteiger partial charge in [0.25, 0.3) is 0 Å². The number of aryl methyl sites for hydroxylation is 1. The minimum atomic E-state index is -0.235. The third kappa shape index (κ3) is 4.32. The zero-order valence-corrected chi connectivity index (χ0v) is 11.4. The first-order valence-electron chi connectivity index (χ1n) is 5.68. The third-order valence-corrected chi connectivity index (χ3v) is 3.51. The normalized spacial score (nSPS) is 11.6. The molecular formula is C13H19NO2S. The van der Waals surface area contributed by atoms with Crippen LogP contribution in [0.25, 0.3) is 0 Å². The van der Waals surface area contributed by atoms with Crippen LogP contribution in [0.5, 0.6) is 0 Å². The maximum absolute atomic E-state index is 11.3. The zero-order valence-electron chi connectivity index (χ0n) is 10.6. The Morgan fingerprint density at radius 2 is 2.29 bits per heavy atom. The Hall–Kier alpha value is -1.13. The second-order valence-electron chi connectivity index (χ2n) is 3.79. The first-order valence-corrected chi connectivity index (χ1v) is 6.63. The predicted octanol–water partition coefficient (Wildman–Crippen LogP) is 2.66. The van der Waals surface area contributed by atoms with Gasteiger partial charge in [-0.25, -0.2) is 4.79 Å². The van der Waals surface area contributed by atoms with Crippen LogP contribution in [0.1, 0.15) is 24.5 Å². The molecule has 0 spiro atoms. The summed E-state index contributed by atoms with van der Waals surface area (Å²) in [5.41, 5.74) is 3.36. The van der Waals surface area contributed by atoms with E-state index in [0.717, 1.165) is 12.1 Å². The molecule has 0 unspecified atom stereocenters. The molecular weight excluding hydrogens is 234 g/mol. The molecule has 1 rings (SSSR count). The summed E-state index contributed by atoms with van der Waals surface area (Å²) < 4.78 is 4.69. The van der Waals surface area contributed by atoms with Gasteiger partial charge in [0.05, 0.1) is 7.11 Å². The van der Waals surface area contributed by atoms with E-state index in [-0.39, 0.29) is 5.97 Å². The molecule has 17 heavy (non-hydrogen) atoms. The van der Waals surface area contributed by atoms with Crippen LogP contribution in [0, 0.1) is 6.92 Å². The summed E-state index contributed by atoms with van der Waals surface area (Å²) in [6, 6.07) is 0. The summed E-state index contributed by atoms with van der Waals surface area (Å²) in [7, 11) is 1.41. The highest BCUT2D eigenvalue weighted by Gasteiger charge is 2.05. The summed E-state index contributed by atoms with van der Waals surface area (Å²) in [5, 5.41) is 7.58. The molecule has 0 aromatic carbocycles. The molecule has 1 N–H and O–H groups in total. The second kappa shape index (κ2) is 7.25.